The molecular weight excluding hydrogens is 292 g/mol. The number of hydrogen-bond acceptors (Lipinski definition) is 2. The summed E-state index contributed by atoms with van der Waals surface area (Å²) in [5.41, 5.74) is 3.79. The summed E-state index contributed by atoms with van der Waals surface area (Å²) in [6.07, 6.45) is 0. The summed E-state index contributed by atoms with van der Waals surface area (Å²) in [7, 11) is 1.64. The van der Waals surface area contributed by atoms with Gasteiger partial charge < -0.3 is 9.72 Å². The Morgan fingerprint density at radius 3 is 2.65 bits per heavy atom. The van der Waals surface area contributed by atoms with Crippen LogP contribution in [0.1, 0.15) is 5.56 Å². The Hall–Kier alpha value is -1.78. The molecule has 1 aromatic heterocycles. The SMILES string of the molecule is COc1cccc2c1[nH]c(=S)n2-c1c(C)cccc1Cl. The Bertz CT molecular complexity index is 830. The molecule has 1 N–H and O–H groups in total. The van der Waals surface area contributed by atoms with E-state index in [-0.39, 0.29) is 0 Å². The van der Waals surface area contributed by atoms with Crippen LogP contribution in [0, 0.1) is 11.7 Å². The summed E-state index contributed by atoms with van der Waals surface area (Å²) in [6, 6.07) is 11.6. The van der Waals surface area contributed by atoms with Crippen molar-refractivity contribution in [2.45, 2.75) is 6.92 Å². The number of hydrogen-bond donors (Lipinski definition) is 1. The van der Waals surface area contributed by atoms with Crippen LogP contribution >= 0.6 is 23.8 Å². The van der Waals surface area contributed by atoms with Gasteiger partial charge in [-0.25, -0.2) is 0 Å². The van der Waals surface area contributed by atoms with Crippen molar-refractivity contribution < 1.29 is 4.74 Å². The third kappa shape index (κ3) is 1.92. The van der Waals surface area contributed by atoms with E-state index in [4.69, 9.17) is 28.6 Å². The van der Waals surface area contributed by atoms with Crippen LogP contribution in [0.5, 0.6) is 5.75 Å². The molecule has 0 radical (unpaired) electrons. The first-order chi connectivity index (χ1) is 9.63. The smallest absolute Gasteiger partial charge is 0.182 e. The number of H-pyrrole nitrogens is 1. The standard InChI is InChI=1S/C15H13ClN2OS/c1-9-5-3-6-10(16)14(9)18-11-7-4-8-12(19-2)13(11)17-15(18)20/h3-8H,1-2H3,(H,17,20). The van der Waals surface area contributed by atoms with Crippen molar-refractivity contribution >= 4 is 34.9 Å². The maximum absolute atomic E-state index is 6.35. The monoisotopic (exact) mass is 304 g/mol. The number of nitrogens with one attached hydrogen (secondary N) is 1. The molecule has 0 amide bonds. The number of para-hydroxylation sites is 2. The molecule has 3 aromatic rings. The van der Waals surface area contributed by atoms with E-state index in [9.17, 15) is 0 Å². The largest absolute Gasteiger partial charge is 0.494 e. The first kappa shape index (κ1) is 13.2. The number of aryl methyl sites for hydroxylation is 1. The van der Waals surface area contributed by atoms with Crippen molar-refractivity contribution in [2.75, 3.05) is 7.11 Å². The number of methoxy groups -OCH3 is 1. The van der Waals surface area contributed by atoms with Gasteiger partial charge >= 0.3 is 0 Å². The lowest BCUT2D eigenvalue weighted by Gasteiger charge is -2.10. The van der Waals surface area contributed by atoms with Crippen molar-refractivity contribution in [1.29, 1.82) is 0 Å². The van der Waals surface area contributed by atoms with Gasteiger partial charge in [-0.1, -0.05) is 29.8 Å². The number of aromatic amines is 1. The molecule has 0 spiro atoms. The van der Waals surface area contributed by atoms with Gasteiger partial charge in [0, 0.05) is 0 Å². The van der Waals surface area contributed by atoms with E-state index in [1.165, 1.54) is 0 Å². The highest BCUT2D eigenvalue weighted by atomic mass is 35.5. The summed E-state index contributed by atoms with van der Waals surface area (Å²) < 4.78 is 7.92. The Kier molecular flexibility index (Phi) is 3.28. The second-order valence-electron chi connectivity index (χ2n) is 4.53. The van der Waals surface area contributed by atoms with Crippen molar-refractivity contribution in [3.63, 3.8) is 0 Å². The maximum Gasteiger partial charge on any atom is 0.182 e. The van der Waals surface area contributed by atoms with E-state index in [0.29, 0.717) is 9.79 Å². The second kappa shape index (κ2) is 4.96. The van der Waals surface area contributed by atoms with Crippen molar-refractivity contribution in [3.8, 4) is 11.4 Å². The van der Waals surface area contributed by atoms with Gasteiger partial charge in [0.25, 0.3) is 0 Å². The van der Waals surface area contributed by atoms with Crippen LogP contribution in [-0.2, 0) is 0 Å². The molecule has 3 nitrogen and oxygen atoms in total. The van der Waals surface area contributed by atoms with Crippen molar-refractivity contribution in [3.05, 3.63) is 51.8 Å². The lowest BCUT2D eigenvalue weighted by molar-refractivity contribution is 0.419. The minimum absolute atomic E-state index is 0.598. The molecule has 1 heterocycles. The predicted octanol–water partition coefficient (Wildman–Crippen LogP) is 4.66. The highest BCUT2D eigenvalue weighted by Gasteiger charge is 2.14. The molecule has 2 aromatic carbocycles. The molecule has 0 aliphatic heterocycles. The Labute approximate surface area is 126 Å². The average molecular weight is 305 g/mol. The quantitative estimate of drug-likeness (QED) is 0.698. The van der Waals surface area contributed by atoms with E-state index in [1.807, 2.05) is 47.9 Å². The van der Waals surface area contributed by atoms with E-state index in [1.54, 1.807) is 7.11 Å². The lowest BCUT2D eigenvalue weighted by atomic mass is 10.2. The van der Waals surface area contributed by atoms with E-state index < -0.39 is 0 Å². The number of fused-ring (bicyclic) bond motifs is 1. The van der Waals surface area contributed by atoms with Gasteiger partial charge in [0.05, 0.1) is 23.3 Å². The molecule has 0 fully saturated rings. The van der Waals surface area contributed by atoms with E-state index in [2.05, 4.69) is 4.98 Å². The minimum Gasteiger partial charge on any atom is -0.494 e. The predicted molar refractivity (Wildman–Crippen MR) is 84.8 cm³/mol. The second-order valence-corrected chi connectivity index (χ2v) is 5.32. The first-order valence-electron chi connectivity index (χ1n) is 6.16. The molecule has 0 atom stereocenters. The molecule has 3 rings (SSSR count). The van der Waals surface area contributed by atoms with Gasteiger partial charge in [0.15, 0.2) is 4.77 Å². The topological polar surface area (TPSA) is 29.9 Å². The highest BCUT2D eigenvalue weighted by molar-refractivity contribution is 7.71. The van der Waals surface area contributed by atoms with E-state index in [0.717, 1.165) is 28.0 Å². The molecule has 0 aliphatic carbocycles. The van der Waals surface area contributed by atoms with Crippen LogP contribution in [0.3, 0.4) is 0 Å². The molecule has 102 valence electrons. The number of imidazole rings is 1. The minimum atomic E-state index is 0.598. The number of nitrogens with zero attached hydrogens (tertiary/aromatic N) is 1. The van der Waals surface area contributed by atoms with Crippen LogP contribution < -0.4 is 4.74 Å². The highest BCUT2D eigenvalue weighted by Crippen LogP contribution is 2.31. The maximum atomic E-state index is 6.35. The number of halogens is 1. The van der Waals surface area contributed by atoms with Crippen LogP contribution in [0.15, 0.2) is 36.4 Å². The molecule has 0 saturated heterocycles. The summed E-state index contributed by atoms with van der Waals surface area (Å²) in [5.74, 6) is 0.761. The number of aromatic nitrogens is 2. The van der Waals surface area contributed by atoms with Crippen molar-refractivity contribution in [2.24, 2.45) is 0 Å². The summed E-state index contributed by atoms with van der Waals surface area (Å²) in [4.78, 5) is 3.19. The fourth-order valence-electron chi connectivity index (χ4n) is 2.40. The third-order valence-electron chi connectivity index (χ3n) is 3.31. The molecule has 5 heteroatoms. The van der Waals surface area contributed by atoms with Gasteiger partial charge in [0.2, 0.25) is 0 Å². The summed E-state index contributed by atoms with van der Waals surface area (Å²) in [6.45, 7) is 2.02. The summed E-state index contributed by atoms with van der Waals surface area (Å²) >= 11 is 11.8. The fraction of sp³-hybridized carbons (Fsp3) is 0.133. The zero-order valence-electron chi connectivity index (χ0n) is 11.1. The zero-order chi connectivity index (χ0) is 14.3. The van der Waals surface area contributed by atoms with Crippen molar-refractivity contribution in [1.82, 2.24) is 9.55 Å². The zero-order valence-corrected chi connectivity index (χ0v) is 12.7. The van der Waals surface area contributed by atoms with Crippen LogP contribution in [0.2, 0.25) is 5.02 Å². The van der Waals surface area contributed by atoms with Gasteiger partial charge in [-0.2, -0.15) is 0 Å². The first-order valence-corrected chi connectivity index (χ1v) is 6.95. The van der Waals surface area contributed by atoms with Gasteiger partial charge in [0.1, 0.15) is 11.3 Å². The van der Waals surface area contributed by atoms with Gasteiger partial charge in [-0.3, -0.25) is 4.57 Å². The Morgan fingerprint density at radius 1 is 1.20 bits per heavy atom. The summed E-state index contributed by atoms with van der Waals surface area (Å²) in [5, 5.41) is 0.671. The van der Waals surface area contributed by atoms with Gasteiger partial charge in [-0.15, -0.1) is 0 Å². The molecular formula is C15H13ClN2OS. The number of ether oxygens (including phenoxy) is 1. The van der Waals surface area contributed by atoms with Crippen LogP contribution in [0.25, 0.3) is 16.7 Å². The number of rotatable bonds is 2. The van der Waals surface area contributed by atoms with Gasteiger partial charge in [-0.05, 0) is 42.9 Å². The average Bonchev–Trinajstić information content (AvgIpc) is 2.75. The molecule has 20 heavy (non-hydrogen) atoms. The van der Waals surface area contributed by atoms with Crippen LogP contribution in [-0.4, -0.2) is 16.7 Å². The molecule has 0 aliphatic rings. The van der Waals surface area contributed by atoms with Crippen LogP contribution in [0.4, 0.5) is 0 Å². The number of benzene rings is 2. The molecule has 0 unspecified atom stereocenters. The molecule has 0 bridgehead atoms. The Morgan fingerprint density at radius 2 is 1.95 bits per heavy atom. The third-order valence-corrected chi connectivity index (χ3v) is 3.90. The fourth-order valence-corrected chi connectivity index (χ4v) is 3.00. The Balaban J connectivity index is 2.44. The van der Waals surface area contributed by atoms with E-state index >= 15 is 0 Å². The molecule has 0 saturated carbocycles. The lowest BCUT2D eigenvalue weighted by Crippen LogP contribution is -1.98. The normalized spacial score (nSPS) is 10.9.